The maximum atomic E-state index is 12.8. The van der Waals surface area contributed by atoms with E-state index in [9.17, 15) is 4.79 Å². The van der Waals surface area contributed by atoms with Crippen molar-refractivity contribution in [1.29, 1.82) is 0 Å². The number of esters is 1. The average Bonchev–Trinajstić information content (AvgIpc) is 2.84. The third-order valence-corrected chi connectivity index (χ3v) is 5.09. The number of rotatable bonds is 5. The molecule has 134 valence electrons. The van der Waals surface area contributed by atoms with Crippen molar-refractivity contribution in [2.75, 3.05) is 13.7 Å². The summed E-state index contributed by atoms with van der Waals surface area (Å²) in [4.78, 5) is 16.4. The molecule has 0 aliphatic carbocycles. The molecule has 0 bridgehead atoms. The van der Waals surface area contributed by atoms with Gasteiger partial charge in [-0.15, -0.1) is 11.3 Å². The fraction of sp³-hybridized carbons (Fsp3) is 0.412. The number of carbonyl (C=O) groups excluding carboxylic acids is 1. The minimum Gasteiger partial charge on any atom is -0.460 e. The number of dihydropyridines is 1. The number of nitrogens with zero attached hydrogens (tertiary/aromatic N) is 1. The van der Waals surface area contributed by atoms with E-state index in [1.54, 1.807) is 26.8 Å². The van der Waals surface area contributed by atoms with Crippen LogP contribution in [0.1, 0.15) is 32.3 Å². The Morgan fingerprint density at radius 3 is 2.64 bits per heavy atom. The number of allylic oxidation sites excluding steroid dienone is 2. The van der Waals surface area contributed by atoms with Crippen LogP contribution in [0, 0.1) is 6.57 Å². The van der Waals surface area contributed by atoms with E-state index >= 15 is 0 Å². The van der Waals surface area contributed by atoms with Crippen molar-refractivity contribution in [3.63, 3.8) is 0 Å². The summed E-state index contributed by atoms with van der Waals surface area (Å²) in [5.74, 6) is -1.15. The molecule has 0 saturated carbocycles. The average molecular weight is 401 g/mol. The molecule has 5 nitrogen and oxygen atoms in total. The van der Waals surface area contributed by atoms with Crippen LogP contribution >= 0.6 is 34.5 Å². The first kappa shape index (κ1) is 19.8. The monoisotopic (exact) mass is 400 g/mol. The molecule has 0 saturated heterocycles. The van der Waals surface area contributed by atoms with Crippen molar-refractivity contribution < 1.29 is 14.3 Å². The Morgan fingerprint density at radius 1 is 1.48 bits per heavy atom. The van der Waals surface area contributed by atoms with E-state index in [-0.39, 0.29) is 12.7 Å². The van der Waals surface area contributed by atoms with Crippen LogP contribution in [0.4, 0.5) is 0 Å². The van der Waals surface area contributed by atoms with Crippen LogP contribution in [0.3, 0.4) is 0 Å². The molecular weight excluding hydrogens is 383 g/mol. The minimum atomic E-state index is -0.647. The van der Waals surface area contributed by atoms with E-state index < -0.39 is 11.9 Å². The van der Waals surface area contributed by atoms with Crippen LogP contribution in [0.15, 0.2) is 28.7 Å². The van der Waals surface area contributed by atoms with Gasteiger partial charge in [-0.05, 0) is 32.4 Å². The van der Waals surface area contributed by atoms with Gasteiger partial charge in [-0.25, -0.2) is 9.64 Å². The van der Waals surface area contributed by atoms with Crippen molar-refractivity contribution in [2.24, 2.45) is 0 Å². The first-order chi connectivity index (χ1) is 11.8. The second-order valence-corrected chi connectivity index (χ2v) is 8.02. The van der Waals surface area contributed by atoms with Crippen LogP contribution in [-0.4, -0.2) is 25.8 Å². The molecule has 1 N–H and O–H groups in total. The Bertz CT molecular complexity index is 790. The maximum absolute atomic E-state index is 12.8. The second-order valence-electron chi connectivity index (χ2n) is 5.74. The Hall–Kier alpha value is -1.52. The lowest BCUT2D eigenvalue weighted by atomic mass is 9.85. The molecule has 0 spiro atoms. The lowest BCUT2D eigenvalue weighted by Crippen LogP contribution is -2.32. The van der Waals surface area contributed by atoms with E-state index in [4.69, 9.17) is 39.2 Å². The molecule has 25 heavy (non-hydrogen) atoms. The summed E-state index contributed by atoms with van der Waals surface area (Å²) < 4.78 is 11.6. The van der Waals surface area contributed by atoms with Gasteiger partial charge in [-0.1, -0.05) is 23.2 Å². The molecule has 1 unspecified atom stereocenters. The van der Waals surface area contributed by atoms with Crippen LogP contribution in [0.25, 0.3) is 4.85 Å². The molecule has 1 aliphatic rings. The van der Waals surface area contributed by atoms with Gasteiger partial charge in [0.1, 0.15) is 0 Å². The molecule has 2 rings (SSSR count). The zero-order valence-corrected chi connectivity index (χ0v) is 16.6. The molecule has 0 amide bonds. The van der Waals surface area contributed by atoms with Crippen LogP contribution < -0.4 is 5.32 Å². The highest BCUT2D eigenvalue weighted by molar-refractivity contribution is 7.20. The van der Waals surface area contributed by atoms with E-state index in [2.05, 4.69) is 10.2 Å². The van der Waals surface area contributed by atoms with Crippen LogP contribution in [0.2, 0.25) is 8.67 Å². The molecule has 8 heteroatoms. The first-order valence-electron chi connectivity index (χ1n) is 7.53. The van der Waals surface area contributed by atoms with Crippen molar-refractivity contribution in [2.45, 2.75) is 32.8 Å². The third kappa shape index (κ3) is 4.18. The number of hydrogen-bond donors (Lipinski definition) is 1. The number of nitrogens with one attached hydrogen (secondary N) is 1. The summed E-state index contributed by atoms with van der Waals surface area (Å²) in [7, 11) is 1.53. The highest BCUT2D eigenvalue weighted by Gasteiger charge is 2.38. The van der Waals surface area contributed by atoms with E-state index in [0.717, 1.165) is 0 Å². The van der Waals surface area contributed by atoms with Gasteiger partial charge < -0.3 is 14.8 Å². The summed E-state index contributed by atoms with van der Waals surface area (Å²) >= 11 is 13.6. The van der Waals surface area contributed by atoms with E-state index in [1.807, 2.05) is 0 Å². The number of ether oxygens (including phenoxy) is 2. The van der Waals surface area contributed by atoms with Gasteiger partial charge in [-0.3, -0.25) is 0 Å². The molecule has 1 atom stereocenters. The fourth-order valence-electron chi connectivity index (χ4n) is 2.66. The number of hydrogen-bond acceptors (Lipinski definition) is 5. The van der Waals surface area contributed by atoms with Gasteiger partial charge in [0, 0.05) is 12.8 Å². The number of halogens is 2. The predicted octanol–water partition coefficient (Wildman–Crippen LogP) is 4.74. The largest absolute Gasteiger partial charge is 0.460 e. The molecule has 1 aromatic heterocycles. The highest BCUT2D eigenvalue weighted by atomic mass is 35.5. The van der Waals surface area contributed by atoms with Gasteiger partial charge >= 0.3 is 5.97 Å². The predicted molar refractivity (Wildman–Crippen MR) is 99.6 cm³/mol. The first-order valence-corrected chi connectivity index (χ1v) is 9.10. The second kappa shape index (κ2) is 8.24. The molecular formula is C17H18Cl2N2O3S. The SMILES string of the molecule is [C-]#[N+]C1=C(C)NC(COC)=C(C(=O)OC(C)C)C1c1cc(Cl)sc1Cl. The van der Waals surface area contributed by atoms with E-state index in [1.165, 1.54) is 18.4 Å². The Labute approximate surface area is 161 Å². The van der Waals surface area contributed by atoms with Crippen LogP contribution in [0.5, 0.6) is 0 Å². The van der Waals surface area contributed by atoms with Gasteiger partial charge in [0.2, 0.25) is 0 Å². The third-order valence-electron chi connectivity index (χ3n) is 3.58. The lowest BCUT2D eigenvalue weighted by Gasteiger charge is -2.29. The standard InChI is InChI=1S/C17H18Cl2N2O3S/c1-8(2)24-17(22)14-11(7-23-5)21-9(3)15(20-4)13(14)10-6-12(18)25-16(10)19/h6,8,13,21H,7H2,1-3,5H3. The number of thiophene rings is 1. The van der Waals surface area contributed by atoms with Gasteiger partial charge in [0.25, 0.3) is 0 Å². The molecule has 0 fully saturated rings. The zero-order valence-electron chi connectivity index (χ0n) is 14.3. The summed E-state index contributed by atoms with van der Waals surface area (Å²) in [5, 5.41) is 3.10. The fourth-order valence-corrected chi connectivity index (χ4v) is 4.20. The van der Waals surface area contributed by atoms with Gasteiger partial charge in [0.05, 0.1) is 45.1 Å². The summed E-state index contributed by atoms with van der Waals surface area (Å²) in [6.45, 7) is 13.1. The molecule has 0 aromatic carbocycles. The summed E-state index contributed by atoms with van der Waals surface area (Å²) in [6, 6.07) is 1.69. The molecule has 2 heterocycles. The zero-order chi connectivity index (χ0) is 18.7. The Kier molecular flexibility index (Phi) is 6.53. The van der Waals surface area contributed by atoms with Gasteiger partial charge in [0.15, 0.2) is 5.70 Å². The summed E-state index contributed by atoms with van der Waals surface area (Å²) in [6.07, 6.45) is -0.297. The summed E-state index contributed by atoms with van der Waals surface area (Å²) in [5.41, 5.74) is 2.52. The van der Waals surface area contributed by atoms with Crippen molar-refractivity contribution in [3.8, 4) is 0 Å². The molecule has 1 aromatic rings. The quantitative estimate of drug-likeness (QED) is 0.572. The smallest absolute Gasteiger partial charge is 0.335 e. The van der Waals surface area contributed by atoms with Gasteiger partial charge in [-0.2, -0.15) is 0 Å². The Balaban J connectivity index is 2.68. The van der Waals surface area contributed by atoms with Crippen molar-refractivity contribution in [3.05, 3.63) is 54.4 Å². The van der Waals surface area contributed by atoms with Crippen molar-refractivity contribution >= 4 is 40.5 Å². The van der Waals surface area contributed by atoms with E-state index in [0.29, 0.717) is 36.9 Å². The lowest BCUT2D eigenvalue weighted by molar-refractivity contribution is -0.143. The number of methoxy groups -OCH3 is 1. The topological polar surface area (TPSA) is 51.9 Å². The highest BCUT2D eigenvalue weighted by Crippen LogP contribution is 2.45. The minimum absolute atomic E-state index is 0.178. The molecule has 1 aliphatic heterocycles. The maximum Gasteiger partial charge on any atom is 0.335 e. The number of carbonyl (C=O) groups is 1. The normalized spacial score (nSPS) is 17.6. The molecule has 0 radical (unpaired) electrons. The van der Waals surface area contributed by atoms with Crippen LogP contribution in [-0.2, 0) is 14.3 Å². The van der Waals surface area contributed by atoms with Crippen molar-refractivity contribution in [1.82, 2.24) is 5.32 Å². The Morgan fingerprint density at radius 2 is 2.16 bits per heavy atom.